The van der Waals surface area contributed by atoms with Gasteiger partial charge in [-0.25, -0.2) is 13.1 Å². The van der Waals surface area contributed by atoms with E-state index in [4.69, 9.17) is 5.73 Å². The van der Waals surface area contributed by atoms with Crippen LogP contribution in [0.1, 0.15) is 37.6 Å². The van der Waals surface area contributed by atoms with Crippen LogP contribution in [0.15, 0.2) is 28.6 Å². The van der Waals surface area contributed by atoms with Gasteiger partial charge in [0.15, 0.2) is 5.82 Å². The number of hydrogen-bond acceptors (Lipinski definition) is 5. The highest BCUT2D eigenvalue weighted by Crippen LogP contribution is 2.25. The summed E-state index contributed by atoms with van der Waals surface area (Å²) in [5.41, 5.74) is 5.75. The molecule has 2 aromatic heterocycles. The minimum atomic E-state index is -3.68. The van der Waals surface area contributed by atoms with Crippen LogP contribution in [-0.2, 0) is 16.6 Å². The van der Waals surface area contributed by atoms with Gasteiger partial charge in [0.1, 0.15) is 4.90 Å². The van der Waals surface area contributed by atoms with Crippen LogP contribution in [0.3, 0.4) is 0 Å². The zero-order valence-corrected chi connectivity index (χ0v) is 13.7. The van der Waals surface area contributed by atoms with Gasteiger partial charge in [-0.15, -0.1) is 11.3 Å². The molecule has 0 aromatic carbocycles. The monoisotopic (exact) mass is 328 g/mol. The number of nitrogens with zero attached hydrogens (tertiary/aromatic N) is 2. The highest BCUT2D eigenvalue weighted by Gasteiger charge is 2.25. The van der Waals surface area contributed by atoms with Crippen LogP contribution in [-0.4, -0.2) is 18.2 Å². The fourth-order valence-electron chi connectivity index (χ4n) is 2.05. The summed E-state index contributed by atoms with van der Waals surface area (Å²) in [5, 5.41) is 5.97. The fourth-order valence-corrected chi connectivity index (χ4v) is 4.36. The van der Waals surface area contributed by atoms with Gasteiger partial charge in [-0.2, -0.15) is 5.10 Å². The molecule has 1 atom stereocenters. The SMILES string of the molecule is CCCn1cc(S(=O)(=O)NC(CC)c2cccs2)c(N)n1. The molecule has 0 aliphatic carbocycles. The third kappa shape index (κ3) is 3.63. The van der Waals surface area contributed by atoms with Crippen LogP contribution in [0.4, 0.5) is 5.82 Å². The Kier molecular flexibility index (Phi) is 5.02. The Morgan fingerprint density at radius 3 is 2.81 bits per heavy atom. The Morgan fingerprint density at radius 2 is 2.24 bits per heavy atom. The Balaban J connectivity index is 2.25. The van der Waals surface area contributed by atoms with Crippen molar-refractivity contribution in [1.29, 1.82) is 0 Å². The first-order valence-electron chi connectivity index (χ1n) is 6.86. The second-order valence-electron chi connectivity index (χ2n) is 4.74. The maximum Gasteiger partial charge on any atom is 0.246 e. The maximum atomic E-state index is 12.5. The predicted molar refractivity (Wildman–Crippen MR) is 84.6 cm³/mol. The zero-order chi connectivity index (χ0) is 15.5. The highest BCUT2D eigenvalue weighted by atomic mass is 32.2. The minimum Gasteiger partial charge on any atom is -0.381 e. The third-order valence-electron chi connectivity index (χ3n) is 3.09. The number of sulfonamides is 1. The molecule has 21 heavy (non-hydrogen) atoms. The molecular weight excluding hydrogens is 308 g/mol. The summed E-state index contributed by atoms with van der Waals surface area (Å²) in [4.78, 5) is 1.03. The molecule has 0 saturated carbocycles. The van der Waals surface area contributed by atoms with Gasteiger partial charge in [0.25, 0.3) is 0 Å². The van der Waals surface area contributed by atoms with Gasteiger partial charge >= 0.3 is 0 Å². The largest absolute Gasteiger partial charge is 0.381 e. The van der Waals surface area contributed by atoms with E-state index >= 15 is 0 Å². The Bertz CT molecular complexity index is 677. The zero-order valence-electron chi connectivity index (χ0n) is 12.1. The first kappa shape index (κ1) is 16.0. The lowest BCUT2D eigenvalue weighted by Gasteiger charge is -2.15. The molecule has 0 saturated heterocycles. The summed E-state index contributed by atoms with van der Waals surface area (Å²) in [5.74, 6) is 0.0389. The van der Waals surface area contributed by atoms with E-state index in [-0.39, 0.29) is 16.8 Å². The molecular formula is C13H20N4O2S2. The van der Waals surface area contributed by atoms with E-state index in [2.05, 4.69) is 9.82 Å². The summed E-state index contributed by atoms with van der Waals surface area (Å²) in [6, 6.07) is 3.58. The molecule has 3 N–H and O–H groups in total. The van der Waals surface area contributed by atoms with Crippen molar-refractivity contribution in [3.8, 4) is 0 Å². The number of aryl methyl sites for hydroxylation is 1. The molecule has 0 spiro atoms. The first-order chi connectivity index (χ1) is 9.97. The summed E-state index contributed by atoms with van der Waals surface area (Å²) in [6.07, 6.45) is 3.02. The molecule has 1 unspecified atom stereocenters. The van der Waals surface area contributed by atoms with Crippen LogP contribution >= 0.6 is 11.3 Å². The van der Waals surface area contributed by atoms with Gasteiger partial charge in [-0.05, 0) is 24.3 Å². The van der Waals surface area contributed by atoms with Crippen molar-refractivity contribution >= 4 is 27.2 Å². The molecule has 2 rings (SSSR count). The topological polar surface area (TPSA) is 90.0 Å². The lowest BCUT2D eigenvalue weighted by atomic mass is 10.2. The number of anilines is 1. The number of aromatic nitrogens is 2. The molecule has 2 aromatic rings. The van der Waals surface area contributed by atoms with Crippen LogP contribution in [0.2, 0.25) is 0 Å². The van der Waals surface area contributed by atoms with Crippen molar-refractivity contribution in [2.75, 3.05) is 5.73 Å². The summed E-state index contributed by atoms with van der Waals surface area (Å²) >= 11 is 1.53. The molecule has 116 valence electrons. The molecule has 0 bridgehead atoms. The Hall–Kier alpha value is -1.38. The summed E-state index contributed by atoms with van der Waals surface area (Å²) in [6.45, 7) is 4.58. The number of nitrogens with two attached hydrogens (primary N) is 1. The van der Waals surface area contributed by atoms with E-state index in [0.29, 0.717) is 13.0 Å². The van der Waals surface area contributed by atoms with Crippen LogP contribution in [0.25, 0.3) is 0 Å². The average Bonchev–Trinajstić information content (AvgIpc) is 3.06. The summed E-state index contributed by atoms with van der Waals surface area (Å²) in [7, 11) is -3.68. The van der Waals surface area contributed by atoms with E-state index < -0.39 is 10.0 Å². The molecule has 0 radical (unpaired) electrons. The number of hydrogen-bond donors (Lipinski definition) is 2. The standard InChI is InChI=1S/C13H20N4O2S2/c1-3-7-17-9-12(13(14)15-17)21(18,19)16-10(4-2)11-6-5-8-20-11/h5-6,8-10,16H,3-4,7H2,1-2H3,(H2,14,15). The normalized spacial score (nSPS) is 13.4. The van der Waals surface area contributed by atoms with Crippen molar-refractivity contribution in [2.24, 2.45) is 0 Å². The Labute approximate surface area is 129 Å². The van der Waals surface area contributed by atoms with Gasteiger partial charge in [0, 0.05) is 17.6 Å². The highest BCUT2D eigenvalue weighted by molar-refractivity contribution is 7.89. The number of nitrogens with one attached hydrogen (secondary N) is 1. The third-order valence-corrected chi connectivity index (χ3v) is 5.56. The molecule has 8 heteroatoms. The van der Waals surface area contributed by atoms with E-state index in [1.54, 1.807) is 4.68 Å². The molecule has 0 amide bonds. The number of nitrogen functional groups attached to an aromatic ring is 1. The minimum absolute atomic E-state index is 0.0389. The average molecular weight is 328 g/mol. The second kappa shape index (κ2) is 6.59. The van der Waals surface area contributed by atoms with Gasteiger partial charge < -0.3 is 5.73 Å². The van der Waals surface area contributed by atoms with Crippen molar-refractivity contribution in [2.45, 2.75) is 44.2 Å². The van der Waals surface area contributed by atoms with Crippen molar-refractivity contribution in [1.82, 2.24) is 14.5 Å². The maximum absolute atomic E-state index is 12.5. The van der Waals surface area contributed by atoms with Crippen molar-refractivity contribution in [3.63, 3.8) is 0 Å². The number of thiophene rings is 1. The Morgan fingerprint density at radius 1 is 1.48 bits per heavy atom. The van der Waals surface area contributed by atoms with Gasteiger partial charge in [0.05, 0.1) is 6.04 Å². The van der Waals surface area contributed by atoms with Gasteiger partial charge in [-0.1, -0.05) is 19.9 Å². The van der Waals surface area contributed by atoms with E-state index in [0.717, 1.165) is 11.3 Å². The van der Waals surface area contributed by atoms with E-state index in [1.807, 2.05) is 31.4 Å². The fraction of sp³-hybridized carbons (Fsp3) is 0.462. The number of rotatable bonds is 7. The smallest absolute Gasteiger partial charge is 0.246 e. The van der Waals surface area contributed by atoms with Crippen molar-refractivity contribution in [3.05, 3.63) is 28.6 Å². The lowest BCUT2D eigenvalue weighted by molar-refractivity contribution is 0.552. The summed E-state index contributed by atoms with van der Waals surface area (Å²) < 4.78 is 29.3. The second-order valence-corrected chi connectivity index (χ2v) is 7.40. The van der Waals surface area contributed by atoms with Crippen LogP contribution in [0, 0.1) is 0 Å². The molecule has 6 nitrogen and oxygen atoms in total. The predicted octanol–water partition coefficient (Wildman–Crippen LogP) is 2.37. The van der Waals surface area contributed by atoms with E-state index in [1.165, 1.54) is 17.5 Å². The molecule has 0 aliphatic rings. The molecule has 2 heterocycles. The van der Waals surface area contributed by atoms with Crippen LogP contribution in [0.5, 0.6) is 0 Å². The van der Waals surface area contributed by atoms with Crippen LogP contribution < -0.4 is 10.5 Å². The lowest BCUT2D eigenvalue weighted by Crippen LogP contribution is -2.28. The quantitative estimate of drug-likeness (QED) is 0.816. The molecule has 0 aliphatic heterocycles. The van der Waals surface area contributed by atoms with Gasteiger partial charge in [0.2, 0.25) is 10.0 Å². The van der Waals surface area contributed by atoms with Crippen molar-refractivity contribution < 1.29 is 8.42 Å². The first-order valence-corrected chi connectivity index (χ1v) is 9.22. The van der Waals surface area contributed by atoms with E-state index in [9.17, 15) is 8.42 Å². The molecule has 0 fully saturated rings. The van der Waals surface area contributed by atoms with Gasteiger partial charge in [-0.3, -0.25) is 4.68 Å².